The molecule has 0 fully saturated rings. The van der Waals surface area contributed by atoms with Gasteiger partial charge in [0, 0.05) is 19.0 Å². The third kappa shape index (κ3) is 3.24. The van der Waals surface area contributed by atoms with Gasteiger partial charge in [-0.15, -0.1) is 0 Å². The molecule has 18 heavy (non-hydrogen) atoms. The van der Waals surface area contributed by atoms with E-state index in [4.69, 9.17) is 4.74 Å². The first kappa shape index (κ1) is 13.4. The summed E-state index contributed by atoms with van der Waals surface area (Å²) in [7, 11) is 0. The fourth-order valence-electron chi connectivity index (χ4n) is 2.34. The van der Waals surface area contributed by atoms with Crippen LogP contribution < -0.4 is 10.1 Å². The normalized spacial score (nSPS) is 17.1. The second kappa shape index (κ2) is 6.21. The molecule has 0 aromatic heterocycles. The Morgan fingerprint density at radius 1 is 1.44 bits per heavy atom. The summed E-state index contributed by atoms with van der Waals surface area (Å²) in [4.78, 5) is 0. The van der Waals surface area contributed by atoms with Crippen LogP contribution in [-0.2, 0) is 6.42 Å². The molecule has 100 valence electrons. The number of rotatable bonds is 6. The molecule has 3 heteroatoms. The Bertz CT molecular complexity index is 392. The smallest absolute Gasteiger partial charge is 0.122 e. The van der Waals surface area contributed by atoms with Gasteiger partial charge in [0.1, 0.15) is 5.75 Å². The minimum atomic E-state index is -0.241. The number of nitrogens with one attached hydrogen (secondary N) is 1. The molecule has 2 N–H and O–H groups in total. The quantitative estimate of drug-likeness (QED) is 0.813. The van der Waals surface area contributed by atoms with Crippen molar-refractivity contribution >= 4 is 0 Å². The number of hydrogen-bond acceptors (Lipinski definition) is 3. The van der Waals surface area contributed by atoms with Gasteiger partial charge in [-0.05, 0) is 30.5 Å². The van der Waals surface area contributed by atoms with Crippen molar-refractivity contribution in [2.24, 2.45) is 0 Å². The molecular formula is C15H23NO2. The minimum Gasteiger partial charge on any atom is -0.493 e. The maximum atomic E-state index is 9.72. The van der Waals surface area contributed by atoms with Crippen LogP contribution in [-0.4, -0.2) is 24.4 Å². The maximum Gasteiger partial charge on any atom is 0.122 e. The Labute approximate surface area is 109 Å². The van der Waals surface area contributed by atoms with Crippen LogP contribution >= 0.6 is 0 Å². The second-order valence-corrected chi connectivity index (χ2v) is 5.04. The van der Waals surface area contributed by atoms with Gasteiger partial charge in [0.25, 0.3) is 0 Å². The lowest BCUT2D eigenvalue weighted by Gasteiger charge is -2.17. The molecule has 0 radical (unpaired) electrons. The number of ether oxygens (including phenoxy) is 1. The minimum absolute atomic E-state index is 0.241. The molecule has 2 unspecified atom stereocenters. The van der Waals surface area contributed by atoms with Gasteiger partial charge in [-0.1, -0.05) is 25.5 Å². The van der Waals surface area contributed by atoms with E-state index in [1.807, 2.05) is 0 Å². The van der Waals surface area contributed by atoms with Crippen molar-refractivity contribution in [3.8, 4) is 5.75 Å². The molecule has 0 spiro atoms. The Kier molecular flexibility index (Phi) is 4.61. The van der Waals surface area contributed by atoms with Crippen LogP contribution in [0.15, 0.2) is 18.2 Å². The SMILES string of the molecule is CCCC(O)CNC(C)c1ccc2c(c1)CCO2. The first-order valence-corrected chi connectivity index (χ1v) is 6.87. The molecule has 2 atom stereocenters. The molecule has 2 rings (SSSR count). The van der Waals surface area contributed by atoms with E-state index < -0.39 is 0 Å². The van der Waals surface area contributed by atoms with E-state index in [1.54, 1.807) is 0 Å². The van der Waals surface area contributed by atoms with Crippen molar-refractivity contribution in [2.45, 2.75) is 45.3 Å². The molecule has 1 aromatic rings. The molecule has 0 aliphatic carbocycles. The molecule has 1 heterocycles. The molecule has 3 nitrogen and oxygen atoms in total. The van der Waals surface area contributed by atoms with Crippen LogP contribution in [0.2, 0.25) is 0 Å². The van der Waals surface area contributed by atoms with Gasteiger partial charge in [-0.3, -0.25) is 0 Å². The Hall–Kier alpha value is -1.06. The van der Waals surface area contributed by atoms with Crippen LogP contribution in [0.3, 0.4) is 0 Å². The lowest BCUT2D eigenvalue weighted by Crippen LogP contribution is -2.28. The molecule has 1 aliphatic heterocycles. The highest BCUT2D eigenvalue weighted by molar-refractivity contribution is 5.40. The van der Waals surface area contributed by atoms with E-state index in [0.29, 0.717) is 6.54 Å². The zero-order valence-corrected chi connectivity index (χ0v) is 11.3. The number of hydrogen-bond donors (Lipinski definition) is 2. The maximum absolute atomic E-state index is 9.72. The van der Waals surface area contributed by atoms with Crippen molar-refractivity contribution in [3.63, 3.8) is 0 Å². The third-order valence-corrected chi connectivity index (χ3v) is 3.50. The largest absolute Gasteiger partial charge is 0.493 e. The lowest BCUT2D eigenvalue weighted by atomic mass is 10.0. The molecule has 0 amide bonds. The average Bonchev–Trinajstić information content (AvgIpc) is 2.83. The van der Waals surface area contributed by atoms with Gasteiger partial charge in [-0.25, -0.2) is 0 Å². The molecule has 0 saturated heterocycles. The molecule has 1 aromatic carbocycles. The monoisotopic (exact) mass is 249 g/mol. The Balaban J connectivity index is 1.90. The van der Waals surface area contributed by atoms with Crippen molar-refractivity contribution in [1.82, 2.24) is 5.32 Å². The van der Waals surface area contributed by atoms with Crippen molar-refractivity contribution in [2.75, 3.05) is 13.2 Å². The van der Waals surface area contributed by atoms with E-state index >= 15 is 0 Å². The summed E-state index contributed by atoms with van der Waals surface area (Å²) in [5.74, 6) is 1.02. The molecule has 0 bridgehead atoms. The van der Waals surface area contributed by atoms with E-state index in [1.165, 1.54) is 11.1 Å². The molecule has 1 aliphatic rings. The number of aliphatic hydroxyl groups is 1. The van der Waals surface area contributed by atoms with Crippen LogP contribution in [0.25, 0.3) is 0 Å². The van der Waals surface area contributed by atoms with Gasteiger partial charge in [0.05, 0.1) is 12.7 Å². The fourth-order valence-corrected chi connectivity index (χ4v) is 2.34. The standard InChI is InChI=1S/C15H23NO2/c1-3-4-14(17)10-16-11(2)12-5-6-15-13(9-12)7-8-18-15/h5-6,9,11,14,16-17H,3-4,7-8,10H2,1-2H3. The van der Waals surface area contributed by atoms with Gasteiger partial charge < -0.3 is 15.2 Å². The van der Waals surface area contributed by atoms with Crippen molar-refractivity contribution in [3.05, 3.63) is 29.3 Å². The van der Waals surface area contributed by atoms with E-state index in [-0.39, 0.29) is 12.1 Å². The zero-order chi connectivity index (χ0) is 13.0. The van der Waals surface area contributed by atoms with E-state index in [0.717, 1.165) is 31.6 Å². The topological polar surface area (TPSA) is 41.5 Å². The van der Waals surface area contributed by atoms with Crippen LogP contribution in [0.1, 0.15) is 43.9 Å². The summed E-state index contributed by atoms with van der Waals surface area (Å²) < 4.78 is 5.50. The van der Waals surface area contributed by atoms with E-state index in [9.17, 15) is 5.11 Å². The van der Waals surface area contributed by atoms with Gasteiger partial charge in [-0.2, -0.15) is 0 Å². The van der Waals surface area contributed by atoms with Crippen LogP contribution in [0, 0.1) is 0 Å². The second-order valence-electron chi connectivity index (χ2n) is 5.04. The highest BCUT2D eigenvalue weighted by Gasteiger charge is 2.14. The van der Waals surface area contributed by atoms with Crippen LogP contribution in [0.5, 0.6) is 5.75 Å². The summed E-state index contributed by atoms with van der Waals surface area (Å²) in [6, 6.07) is 6.64. The number of benzene rings is 1. The average molecular weight is 249 g/mol. The summed E-state index contributed by atoms with van der Waals surface area (Å²) >= 11 is 0. The Morgan fingerprint density at radius 2 is 2.28 bits per heavy atom. The number of fused-ring (bicyclic) bond motifs is 1. The summed E-state index contributed by atoms with van der Waals surface area (Å²) in [6.45, 7) is 5.68. The lowest BCUT2D eigenvalue weighted by molar-refractivity contribution is 0.157. The fraction of sp³-hybridized carbons (Fsp3) is 0.600. The summed E-state index contributed by atoms with van der Waals surface area (Å²) in [6.07, 6.45) is 2.65. The van der Waals surface area contributed by atoms with E-state index in [2.05, 4.69) is 37.4 Å². The first-order valence-electron chi connectivity index (χ1n) is 6.87. The summed E-state index contributed by atoms with van der Waals surface area (Å²) in [5.41, 5.74) is 2.57. The van der Waals surface area contributed by atoms with Crippen molar-refractivity contribution < 1.29 is 9.84 Å². The predicted octanol–water partition coefficient (Wildman–Crippen LogP) is 2.43. The predicted molar refractivity (Wildman–Crippen MR) is 73.0 cm³/mol. The first-order chi connectivity index (χ1) is 8.70. The van der Waals surface area contributed by atoms with Crippen molar-refractivity contribution in [1.29, 1.82) is 0 Å². The van der Waals surface area contributed by atoms with Gasteiger partial charge in [0.15, 0.2) is 0 Å². The highest BCUT2D eigenvalue weighted by atomic mass is 16.5. The third-order valence-electron chi connectivity index (χ3n) is 3.50. The van der Waals surface area contributed by atoms with Gasteiger partial charge >= 0.3 is 0 Å². The zero-order valence-electron chi connectivity index (χ0n) is 11.3. The molecule has 0 saturated carbocycles. The Morgan fingerprint density at radius 3 is 3.06 bits per heavy atom. The summed E-state index contributed by atoms with van der Waals surface area (Å²) in [5, 5.41) is 13.1. The van der Waals surface area contributed by atoms with Gasteiger partial charge in [0.2, 0.25) is 0 Å². The number of aliphatic hydroxyl groups excluding tert-OH is 1. The van der Waals surface area contributed by atoms with Crippen LogP contribution in [0.4, 0.5) is 0 Å². The highest BCUT2D eigenvalue weighted by Crippen LogP contribution is 2.28. The molecular weight excluding hydrogens is 226 g/mol.